The van der Waals surface area contributed by atoms with Crippen LogP contribution in [0.5, 0.6) is 0 Å². The van der Waals surface area contributed by atoms with Crippen molar-refractivity contribution >= 4 is 57.6 Å². The summed E-state index contributed by atoms with van der Waals surface area (Å²) >= 11 is 16.0. The lowest BCUT2D eigenvalue weighted by atomic mass is 10.0. The fraction of sp³-hybridized carbons (Fsp3) is 0.636. The molecule has 1 aliphatic carbocycles. The van der Waals surface area contributed by atoms with Crippen LogP contribution >= 0.6 is 57.6 Å². The lowest BCUT2D eigenvalue weighted by Crippen LogP contribution is -2.09. The summed E-state index contributed by atoms with van der Waals surface area (Å²) < 4.78 is 0.734. The van der Waals surface area contributed by atoms with Gasteiger partial charge in [-0.2, -0.15) is 11.8 Å². The Kier molecular flexibility index (Phi) is 5.64. The second-order valence-electron chi connectivity index (χ2n) is 4.11. The molecule has 0 saturated heterocycles. The molecule has 1 aromatic rings. The van der Waals surface area contributed by atoms with Crippen molar-refractivity contribution in [1.29, 1.82) is 0 Å². The Hall–Kier alpha value is 0.740. The summed E-state index contributed by atoms with van der Waals surface area (Å²) in [6.45, 7) is 0. The van der Waals surface area contributed by atoms with Gasteiger partial charge in [-0.3, -0.25) is 0 Å². The van der Waals surface area contributed by atoms with Gasteiger partial charge in [0.1, 0.15) is 16.1 Å². The molecule has 1 saturated carbocycles. The maximum Gasteiger partial charge on any atom is 0.147 e. The highest BCUT2D eigenvalue weighted by molar-refractivity contribution is 14.1. The van der Waals surface area contributed by atoms with Crippen LogP contribution < -0.4 is 0 Å². The Morgan fingerprint density at radius 3 is 2.29 bits per heavy atom. The summed E-state index contributed by atoms with van der Waals surface area (Å²) in [6, 6.07) is 0. The average molecular weight is 403 g/mol. The molecule has 6 heteroatoms. The molecule has 0 radical (unpaired) electrons. The Bertz CT molecular complexity index is 374. The lowest BCUT2D eigenvalue weighted by Gasteiger charge is -2.20. The van der Waals surface area contributed by atoms with Gasteiger partial charge < -0.3 is 0 Å². The molecule has 1 aromatic heterocycles. The van der Waals surface area contributed by atoms with Crippen molar-refractivity contribution in [2.45, 2.75) is 43.1 Å². The van der Waals surface area contributed by atoms with Crippen LogP contribution in [0.4, 0.5) is 0 Å². The monoisotopic (exact) mass is 402 g/mol. The number of nitrogens with zero attached hydrogens (tertiary/aromatic N) is 2. The molecule has 0 amide bonds. The van der Waals surface area contributed by atoms with E-state index in [2.05, 4.69) is 32.6 Å². The van der Waals surface area contributed by atoms with Gasteiger partial charge in [0, 0.05) is 5.25 Å². The molecule has 0 spiro atoms. The van der Waals surface area contributed by atoms with Gasteiger partial charge >= 0.3 is 0 Å². The van der Waals surface area contributed by atoms with Crippen LogP contribution in [0, 0.1) is 3.57 Å². The number of halogens is 3. The van der Waals surface area contributed by atoms with Gasteiger partial charge in [0.15, 0.2) is 0 Å². The Balaban J connectivity index is 1.94. The van der Waals surface area contributed by atoms with E-state index in [0.29, 0.717) is 10.3 Å². The second-order valence-corrected chi connectivity index (χ2v) is 7.19. The van der Waals surface area contributed by atoms with E-state index in [1.54, 1.807) is 0 Å². The molecule has 0 unspecified atom stereocenters. The topological polar surface area (TPSA) is 25.8 Å². The minimum Gasteiger partial charge on any atom is -0.219 e. The number of hydrogen-bond acceptors (Lipinski definition) is 3. The highest BCUT2D eigenvalue weighted by Crippen LogP contribution is 2.31. The van der Waals surface area contributed by atoms with Crippen molar-refractivity contribution in [1.82, 2.24) is 9.97 Å². The molecule has 2 rings (SSSR count). The molecular formula is C11H13Cl2IN2S. The maximum atomic E-state index is 5.99. The van der Waals surface area contributed by atoms with Gasteiger partial charge in [0.2, 0.25) is 0 Å². The molecule has 1 heterocycles. The average Bonchev–Trinajstić information content (AvgIpc) is 2.34. The molecule has 0 aromatic carbocycles. The fourth-order valence-electron chi connectivity index (χ4n) is 1.92. The highest BCUT2D eigenvalue weighted by Gasteiger charge is 2.15. The van der Waals surface area contributed by atoms with E-state index in [4.69, 9.17) is 23.2 Å². The first kappa shape index (κ1) is 14.2. The van der Waals surface area contributed by atoms with E-state index in [1.165, 1.54) is 32.1 Å². The van der Waals surface area contributed by atoms with Crippen LogP contribution in [-0.2, 0) is 5.75 Å². The van der Waals surface area contributed by atoms with Crippen LogP contribution in [0.25, 0.3) is 0 Å². The molecular weight excluding hydrogens is 390 g/mol. The summed E-state index contributed by atoms with van der Waals surface area (Å²) in [5.74, 6) is 1.55. The van der Waals surface area contributed by atoms with Crippen molar-refractivity contribution in [3.63, 3.8) is 0 Å². The quantitative estimate of drug-likeness (QED) is 0.528. The summed E-state index contributed by atoms with van der Waals surface area (Å²) in [5, 5.41) is 1.68. The Morgan fingerprint density at radius 1 is 1.12 bits per heavy atom. The normalized spacial score (nSPS) is 17.4. The molecule has 1 aliphatic rings. The summed E-state index contributed by atoms with van der Waals surface area (Å²) in [7, 11) is 0. The van der Waals surface area contributed by atoms with Gasteiger partial charge in [-0.05, 0) is 35.4 Å². The Labute approximate surface area is 129 Å². The van der Waals surface area contributed by atoms with E-state index in [1.807, 2.05) is 11.8 Å². The lowest BCUT2D eigenvalue weighted by molar-refractivity contribution is 0.516. The van der Waals surface area contributed by atoms with Crippen molar-refractivity contribution in [3.05, 3.63) is 19.7 Å². The first-order valence-corrected chi connectivity index (χ1v) is 8.54. The molecule has 94 valence electrons. The van der Waals surface area contributed by atoms with Gasteiger partial charge in [-0.25, -0.2) is 9.97 Å². The zero-order chi connectivity index (χ0) is 12.3. The van der Waals surface area contributed by atoms with Gasteiger partial charge in [-0.1, -0.05) is 42.5 Å². The van der Waals surface area contributed by atoms with E-state index < -0.39 is 0 Å². The highest BCUT2D eigenvalue weighted by atomic mass is 127. The standard InChI is InChI=1S/C11H13Cl2IN2S/c12-10-9(14)11(13)16-8(15-10)6-17-7-4-2-1-3-5-7/h7H,1-6H2. The maximum absolute atomic E-state index is 5.99. The summed E-state index contributed by atoms with van der Waals surface area (Å²) in [6.07, 6.45) is 6.72. The van der Waals surface area contributed by atoms with Crippen LogP contribution in [0.3, 0.4) is 0 Å². The number of thioether (sulfide) groups is 1. The fourth-order valence-corrected chi connectivity index (χ4v) is 3.77. The molecule has 1 fully saturated rings. The third-order valence-electron chi connectivity index (χ3n) is 2.82. The van der Waals surface area contributed by atoms with Crippen molar-refractivity contribution in [2.75, 3.05) is 0 Å². The van der Waals surface area contributed by atoms with Crippen molar-refractivity contribution < 1.29 is 0 Å². The van der Waals surface area contributed by atoms with E-state index in [0.717, 1.165) is 20.4 Å². The van der Waals surface area contributed by atoms with Crippen molar-refractivity contribution in [3.8, 4) is 0 Å². The molecule has 0 atom stereocenters. The molecule has 0 aliphatic heterocycles. The number of hydrogen-bond donors (Lipinski definition) is 0. The summed E-state index contributed by atoms with van der Waals surface area (Å²) in [5.41, 5.74) is 0. The first-order chi connectivity index (χ1) is 8.16. The number of rotatable bonds is 3. The SMILES string of the molecule is Clc1nc(CSC2CCCCC2)nc(Cl)c1I. The van der Waals surface area contributed by atoms with Gasteiger partial charge in [0.05, 0.1) is 9.32 Å². The zero-order valence-electron chi connectivity index (χ0n) is 9.26. The third kappa shape index (κ3) is 4.11. The second kappa shape index (κ2) is 6.78. The van der Waals surface area contributed by atoms with Crippen LogP contribution in [0.1, 0.15) is 37.9 Å². The van der Waals surface area contributed by atoms with Gasteiger partial charge in [-0.15, -0.1) is 0 Å². The van der Waals surface area contributed by atoms with E-state index in [-0.39, 0.29) is 0 Å². The van der Waals surface area contributed by atoms with Crippen LogP contribution in [0.15, 0.2) is 0 Å². The molecule has 17 heavy (non-hydrogen) atoms. The minimum atomic E-state index is 0.463. The molecule has 0 bridgehead atoms. The van der Waals surface area contributed by atoms with Crippen LogP contribution in [-0.4, -0.2) is 15.2 Å². The van der Waals surface area contributed by atoms with Crippen molar-refractivity contribution in [2.24, 2.45) is 0 Å². The van der Waals surface area contributed by atoms with E-state index >= 15 is 0 Å². The predicted octanol–water partition coefficient (Wildman–Crippen LogP) is 4.95. The largest absolute Gasteiger partial charge is 0.219 e. The Morgan fingerprint density at radius 2 is 1.71 bits per heavy atom. The predicted molar refractivity (Wildman–Crippen MR) is 82.9 cm³/mol. The van der Waals surface area contributed by atoms with Gasteiger partial charge in [0.25, 0.3) is 0 Å². The third-order valence-corrected chi connectivity index (χ3v) is 6.39. The molecule has 2 nitrogen and oxygen atoms in total. The van der Waals surface area contributed by atoms with Crippen LogP contribution in [0.2, 0.25) is 10.3 Å². The first-order valence-electron chi connectivity index (χ1n) is 5.66. The van der Waals surface area contributed by atoms with E-state index in [9.17, 15) is 0 Å². The summed E-state index contributed by atoms with van der Waals surface area (Å²) in [4.78, 5) is 8.52. The minimum absolute atomic E-state index is 0.463. The zero-order valence-corrected chi connectivity index (χ0v) is 13.7. The number of aromatic nitrogens is 2. The molecule has 0 N–H and O–H groups in total. The smallest absolute Gasteiger partial charge is 0.147 e.